The van der Waals surface area contributed by atoms with E-state index in [0.29, 0.717) is 12.5 Å². The van der Waals surface area contributed by atoms with Gasteiger partial charge in [-0.15, -0.1) is 0 Å². The van der Waals surface area contributed by atoms with Crippen molar-refractivity contribution in [3.05, 3.63) is 30.1 Å². The van der Waals surface area contributed by atoms with Gasteiger partial charge in [0.05, 0.1) is 11.0 Å². The first-order valence-electron chi connectivity index (χ1n) is 8.48. The highest BCUT2D eigenvalue weighted by Gasteiger charge is 2.39. The number of carbonyl (C=O) groups excluding carboxylic acids is 1. The molecular formula is C18H23N3O. The van der Waals surface area contributed by atoms with Crippen molar-refractivity contribution in [2.24, 2.45) is 17.8 Å². The lowest BCUT2D eigenvalue weighted by molar-refractivity contribution is -0.122. The van der Waals surface area contributed by atoms with Gasteiger partial charge in [0.15, 0.2) is 0 Å². The molecule has 22 heavy (non-hydrogen) atoms. The number of aromatic amines is 1. The van der Waals surface area contributed by atoms with E-state index in [-0.39, 0.29) is 5.91 Å². The van der Waals surface area contributed by atoms with Crippen molar-refractivity contribution in [1.82, 2.24) is 15.3 Å². The third kappa shape index (κ3) is 2.74. The highest BCUT2D eigenvalue weighted by molar-refractivity contribution is 5.76. The number of hydrogen-bond donors (Lipinski definition) is 2. The topological polar surface area (TPSA) is 57.8 Å². The number of hydrogen-bond acceptors (Lipinski definition) is 2. The summed E-state index contributed by atoms with van der Waals surface area (Å²) in [4.78, 5) is 19.9. The van der Waals surface area contributed by atoms with Crippen molar-refractivity contribution >= 4 is 16.9 Å². The molecule has 1 amide bonds. The lowest BCUT2D eigenvalue weighted by atomic mass is 9.86. The van der Waals surface area contributed by atoms with Crippen LogP contribution in [0.15, 0.2) is 24.3 Å². The van der Waals surface area contributed by atoms with E-state index < -0.39 is 0 Å². The van der Waals surface area contributed by atoms with E-state index in [1.807, 2.05) is 24.3 Å². The fraction of sp³-hybridized carbons (Fsp3) is 0.556. The second-order valence-electron chi connectivity index (χ2n) is 6.94. The van der Waals surface area contributed by atoms with Crippen LogP contribution in [0.5, 0.6) is 0 Å². The average Bonchev–Trinajstić information content (AvgIpc) is 3.21. The van der Waals surface area contributed by atoms with Crippen molar-refractivity contribution < 1.29 is 4.79 Å². The monoisotopic (exact) mass is 297 g/mol. The Morgan fingerprint density at radius 3 is 2.95 bits per heavy atom. The van der Waals surface area contributed by atoms with Crippen LogP contribution in [0.4, 0.5) is 0 Å². The molecule has 4 heteroatoms. The number of para-hydroxylation sites is 2. The predicted octanol–water partition coefficient (Wildman–Crippen LogP) is 3.05. The lowest BCUT2D eigenvalue weighted by Crippen LogP contribution is -2.29. The number of benzene rings is 1. The smallest absolute Gasteiger partial charge is 0.220 e. The molecule has 0 aliphatic heterocycles. The van der Waals surface area contributed by atoms with Crippen LogP contribution in [-0.2, 0) is 11.2 Å². The quantitative estimate of drug-likeness (QED) is 0.891. The molecule has 4 nitrogen and oxygen atoms in total. The maximum Gasteiger partial charge on any atom is 0.220 e. The van der Waals surface area contributed by atoms with Gasteiger partial charge in [0.2, 0.25) is 5.91 Å². The van der Waals surface area contributed by atoms with Crippen LogP contribution in [-0.4, -0.2) is 22.4 Å². The SMILES string of the molecule is O=C(C[C@@H]1C[C@H]2CC[C@H]1C2)NCCc1nc2ccccc2[nH]1. The van der Waals surface area contributed by atoms with Gasteiger partial charge in [-0.25, -0.2) is 4.98 Å². The van der Waals surface area contributed by atoms with E-state index in [1.165, 1.54) is 25.7 Å². The molecule has 2 aliphatic rings. The normalized spacial score (nSPS) is 26.6. The van der Waals surface area contributed by atoms with Crippen molar-refractivity contribution in [3.8, 4) is 0 Å². The molecule has 1 aromatic carbocycles. The molecule has 2 saturated carbocycles. The van der Waals surface area contributed by atoms with Gasteiger partial charge in [-0.1, -0.05) is 18.6 Å². The Balaban J connectivity index is 1.25. The maximum absolute atomic E-state index is 12.1. The molecule has 3 atom stereocenters. The largest absolute Gasteiger partial charge is 0.356 e. The summed E-state index contributed by atoms with van der Waals surface area (Å²) in [5.41, 5.74) is 2.05. The number of imidazole rings is 1. The van der Waals surface area contributed by atoms with E-state index in [9.17, 15) is 4.79 Å². The average molecular weight is 297 g/mol. The number of rotatable bonds is 5. The number of fused-ring (bicyclic) bond motifs is 3. The number of amides is 1. The van der Waals surface area contributed by atoms with Crippen LogP contribution in [0, 0.1) is 17.8 Å². The highest BCUT2D eigenvalue weighted by Crippen LogP contribution is 2.49. The van der Waals surface area contributed by atoms with Gasteiger partial charge in [-0.2, -0.15) is 0 Å². The number of aromatic nitrogens is 2. The van der Waals surface area contributed by atoms with E-state index >= 15 is 0 Å². The molecule has 2 N–H and O–H groups in total. The second-order valence-corrected chi connectivity index (χ2v) is 6.94. The van der Waals surface area contributed by atoms with Crippen LogP contribution in [0.1, 0.15) is 37.9 Å². The second kappa shape index (κ2) is 5.75. The molecular weight excluding hydrogens is 274 g/mol. The minimum absolute atomic E-state index is 0.216. The minimum atomic E-state index is 0.216. The van der Waals surface area contributed by atoms with Gasteiger partial charge in [0, 0.05) is 19.4 Å². The van der Waals surface area contributed by atoms with Crippen LogP contribution < -0.4 is 5.32 Å². The molecule has 0 saturated heterocycles. The Kier molecular flexibility index (Phi) is 3.60. The minimum Gasteiger partial charge on any atom is -0.356 e. The summed E-state index contributed by atoms with van der Waals surface area (Å²) in [7, 11) is 0. The van der Waals surface area contributed by atoms with E-state index in [0.717, 1.165) is 41.5 Å². The number of nitrogens with zero attached hydrogens (tertiary/aromatic N) is 1. The molecule has 2 aromatic rings. The number of carbonyl (C=O) groups is 1. The van der Waals surface area contributed by atoms with Gasteiger partial charge in [-0.05, 0) is 49.1 Å². The summed E-state index contributed by atoms with van der Waals surface area (Å²) in [5, 5.41) is 3.06. The summed E-state index contributed by atoms with van der Waals surface area (Å²) in [6.45, 7) is 0.666. The predicted molar refractivity (Wildman–Crippen MR) is 86.4 cm³/mol. The van der Waals surface area contributed by atoms with Crippen molar-refractivity contribution in [1.29, 1.82) is 0 Å². The first-order chi connectivity index (χ1) is 10.8. The third-order valence-electron chi connectivity index (χ3n) is 5.45. The molecule has 1 aromatic heterocycles. The van der Waals surface area contributed by atoms with E-state index in [4.69, 9.17) is 0 Å². The summed E-state index contributed by atoms with van der Waals surface area (Å²) >= 11 is 0. The Morgan fingerprint density at radius 1 is 1.27 bits per heavy atom. The molecule has 116 valence electrons. The third-order valence-corrected chi connectivity index (χ3v) is 5.45. The molecule has 2 bridgehead atoms. The van der Waals surface area contributed by atoms with E-state index in [1.54, 1.807) is 0 Å². The number of nitrogens with one attached hydrogen (secondary N) is 2. The fourth-order valence-corrected chi connectivity index (χ4v) is 4.38. The molecule has 4 rings (SSSR count). The summed E-state index contributed by atoms with van der Waals surface area (Å²) in [6, 6.07) is 8.02. The first kappa shape index (κ1) is 13.8. The maximum atomic E-state index is 12.1. The Labute approximate surface area is 130 Å². The lowest BCUT2D eigenvalue weighted by Gasteiger charge is -2.20. The standard InChI is InChI=1S/C18H23N3O/c22-18(11-14-10-12-5-6-13(14)9-12)19-8-7-17-20-15-3-1-2-4-16(15)21-17/h1-4,12-14H,5-11H2,(H,19,22)(H,20,21)/t12-,13-,14-/m0/s1. The Hall–Kier alpha value is -1.84. The zero-order chi connectivity index (χ0) is 14.9. The summed E-state index contributed by atoms with van der Waals surface area (Å²) in [5.74, 6) is 3.55. The van der Waals surface area contributed by atoms with Crippen molar-refractivity contribution in [2.45, 2.75) is 38.5 Å². The molecule has 2 aliphatic carbocycles. The fourth-order valence-electron chi connectivity index (χ4n) is 4.38. The molecule has 1 heterocycles. The van der Waals surface area contributed by atoms with Crippen molar-refractivity contribution in [3.63, 3.8) is 0 Å². The zero-order valence-corrected chi connectivity index (χ0v) is 12.8. The summed E-state index contributed by atoms with van der Waals surface area (Å²) < 4.78 is 0. The molecule has 0 radical (unpaired) electrons. The Morgan fingerprint density at radius 2 is 2.18 bits per heavy atom. The van der Waals surface area contributed by atoms with Crippen LogP contribution >= 0.6 is 0 Å². The van der Waals surface area contributed by atoms with Gasteiger partial charge >= 0.3 is 0 Å². The molecule has 0 spiro atoms. The van der Waals surface area contributed by atoms with Crippen LogP contribution in [0.2, 0.25) is 0 Å². The number of H-pyrrole nitrogens is 1. The molecule has 2 fully saturated rings. The van der Waals surface area contributed by atoms with Gasteiger partial charge in [0.1, 0.15) is 5.82 Å². The van der Waals surface area contributed by atoms with Gasteiger partial charge < -0.3 is 10.3 Å². The Bertz CT molecular complexity index is 645. The highest BCUT2D eigenvalue weighted by atomic mass is 16.1. The van der Waals surface area contributed by atoms with E-state index in [2.05, 4.69) is 15.3 Å². The van der Waals surface area contributed by atoms with Crippen molar-refractivity contribution in [2.75, 3.05) is 6.54 Å². The van der Waals surface area contributed by atoms with Crippen LogP contribution in [0.3, 0.4) is 0 Å². The van der Waals surface area contributed by atoms with Gasteiger partial charge in [-0.3, -0.25) is 4.79 Å². The first-order valence-corrected chi connectivity index (χ1v) is 8.48. The van der Waals surface area contributed by atoms with Gasteiger partial charge in [0.25, 0.3) is 0 Å². The van der Waals surface area contributed by atoms with Crippen LogP contribution in [0.25, 0.3) is 11.0 Å². The zero-order valence-electron chi connectivity index (χ0n) is 12.8. The summed E-state index contributed by atoms with van der Waals surface area (Å²) in [6.07, 6.45) is 6.88. The molecule has 0 unspecified atom stereocenters.